The van der Waals surface area contributed by atoms with E-state index in [1.165, 1.54) is 0 Å². The van der Waals surface area contributed by atoms with E-state index in [0.29, 0.717) is 6.54 Å². The molecule has 1 amide bonds. The molecule has 0 saturated heterocycles. The summed E-state index contributed by atoms with van der Waals surface area (Å²) in [7, 11) is 0. The van der Waals surface area contributed by atoms with Gasteiger partial charge in [-0.15, -0.1) is 11.3 Å². The summed E-state index contributed by atoms with van der Waals surface area (Å²) in [4.78, 5) is 15.7. The Morgan fingerprint density at radius 2 is 2.25 bits per heavy atom. The minimum Gasteiger partial charge on any atom is -0.350 e. The van der Waals surface area contributed by atoms with Crippen LogP contribution in [0.15, 0.2) is 10.9 Å². The molecule has 1 aromatic rings. The largest absolute Gasteiger partial charge is 0.350 e. The van der Waals surface area contributed by atoms with Gasteiger partial charge in [0, 0.05) is 17.0 Å². The Kier molecular flexibility index (Phi) is 4.44. The predicted octanol–water partition coefficient (Wildman–Crippen LogP) is 1.71. The quantitative estimate of drug-likeness (QED) is 0.843. The van der Waals surface area contributed by atoms with Crippen molar-refractivity contribution in [2.45, 2.75) is 39.3 Å². The van der Waals surface area contributed by atoms with Gasteiger partial charge in [-0.2, -0.15) is 0 Å². The van der Waals surface area contributed by atoms with E-state index in [0.717, 1.165) is 5.69 Å². The summed E-state index contributed by atoms with van der Waals surface area (Å²) in [6.45, 7) is 8.22. The molecule has 0 saturated carbocycles. The van der Waals surface area contributed by atoms with Crippen LogP contribution in [0.4, 0.5) is 0 Å². The van der Waals surface area contributed by atoms with Crippen LogP contribution in [-0.4, -0.2) is 23.0 Å². The molecule has 90 valence electrons. The van der Waals surface area contributed by atoms with E-state index in [-0.39, 0.29) is 17.5 Å². The number of aromatic nitrogens is 1. The number of hydrogen-bond acceptors (Lipinski definition) is 4. The lowest BCUT2D eigenvalue weighted by molar-refractivity contribution is -0.121. The first-order valence-corrected chi connectivity index (χ1v) is 6.25. The molecular formula is C11H19N3OS. The molecule has 0 bridgehead atoms. The number of rotatable bonds is 4. The van der Waals surface area contributed by atoms with E-state index in [4.69, 9.17) is 0 Å². The van der Waals surface area contributed by atoms with E-state index >= 15 is 0 Å². The van der Waals surface area contributed by atoms with Gasteiger partial charge in [-0.25, -0.2) is 4.98 Å². The second-order valence-electron chi connectivity index (χ2n) is 4.81. The molecule has 0 aromatic carbocycles. The van der Waals surface area contributed by atoms with Crippen molar-refractivity contribution in [3.8, 4) is 0 Å². The third-order valence-corrected chi connectivity index (χ3v) is 2.58. The van der Waals surface area contributed by atoms with E-state index in [1.807, 2.05) is 33.1 Å². The highest BCUT2D eigenvalue weighted by Gasteiger charge is 2.14. The predicted molar refractivity (Wildman–Crippen MR) is 66.4 cm³/mol. The third-order valence-electron chi connectivity index (χ3n) is 1.98. The van der Waals surface area contributed by atoms with Gasteiger partial charge >= 0.3 is 0 Å². The van der Waals surface area contributed by atoms with Crippen molar-refractivity contribution in [2.75, 3.05) is 6.54 Å². The number of carbonyl (C=O) groups is 1. The maximum absolute atomic E-state index is 11.5. The monoisotopic (exact) mass is 241 g/mol. The lowest BCUT2D eigenvalue weighted by atomic mass is 10.1. The standard InChI is InChI=1S/C11H19N3OS/c1-8(9-6-16-7-13-9)12-5-10(15)14-11(2,3)4/h6-8,12H,5H2,1-4H3,(H,14,15). The van der Waals surface area contributed by atoms with Crippen LogP contribution in [0.5, 0.6) is 0 Å². The Hall–Kier alpha value is -0.940. The van der Waals surface area contributed by atoms with Crippen molar-refractivity contribution in [2.24, 2.45) is 0 Å². The minimum absolute atomic E-state index is 0.00887. The summed E-state index contributed by atoms with van der Waals surface area (Å²) < 4.78 is 0. The zero-order valence-electron chi connectivity index (χ0n) is 10.2. The van der Waals surface area contributed by atoms with Gasteiger partial charge in [0.05, 0.1) is 17.7 Å². The summed E-state index contributed by atoms with van der Waals surface area (Å²) in [5.41, 5.74) is 2.60. The number of hydrogen-bond donors (Lipinski definition) is 2. The van der Waals surface area contributed by atoms with E-state index in [2.05, 4.69) is 15.6 Å². The van der Waals surface area contributed by atoms with Gasteiger partial charge in [0.25, 0.3) is 0 Å². The highest BCUT2D eigenvalue weighted by atomic mass is 32.1. The lowest BCUT2D eigenvalue weighted by Crippen LogP contribution is -2.45. The number of thiazole rings is 1. The second-order valence-corrected chi connectivity index (χ2v) is 5.53. The molecule has 1 atom stereocenters. The number of nitrogens with one attached hydrogen (secondary N) is 2. The molecule has 0 aliphatic heterocycles. The molecule has 1 heterocycles. The summed E-state index contributed by atoms with van der Waals surface area (Å²) in [6.07, 6.45) is 0. The van der Waals surface area contributed by atoms with Crippen molar-refractivity contribution >= 4 is 17.2 Å². The van der Waals surface area contributed by atoms with Gasteiger partial charge in [-0.1, -0.05) is 0 Å². The summed E-state index contributed by atoms with van der Waals surface area (Å²) in [5, 5.41) is 8.03. The first-order valence-electron chi connectivity index (χ1n) is 5.31. The molecule has 1 unspecified atom stereocenters. The summed E-state index contributed by atoms with van der Waals surface area (Å²) >= 11 is 1.56. The van der Waals surface area contributed by atoms with Crippen molar-refractivity contribution in [3.63, 3.8) is 0 Å². The number of carbonyl (C=O) groups excluding carboxylic acids is 1. The first-order chi connectivity index (χ1) is 7.38. The van der Waals surface area contributed by atoms with Gasteiger partial charge in [-0.3, -0.25) is 4.79 Å². The molecule has 0 spiro atoms. The third kappa shape index (κ3) is 4.72. The Labute approximate surface area is 100 Å². The highest BCUT2D eigenvalue weighted by molar-refractivity contribution is 7.07. The average molecular weight is 241 g/mol. The number of amides is 1. The van der Waals surface area contributed by atoms with Crippen LogP contribution in [0.25, 0.3) is 0 Å². The molecular weight excluding hydrogens is 222 g/mol. The van der Waals surface area contributed by atoms with E-state index < -0.39 is 0 Å². The molecule has 1 aromatic heterocycles. The fourth-order valence-corrected chi connectivity index (χ4v) is 1.90. The maximum atomic E-state index is 11.5. The van der Waals surface area contributed by atoms with Crippen molar-refractivity contribution in [1.29, 1.82) is 0 Å². The molecule has 4 nitrogen and oxygen atoms in total. The van der Waals surface area contributed by atoms with Crippen LogP contribution >= 0.6 is 11.3 Å². The average Bonchev–Trinajstić information content (AvgIpc) is 2.64. The minimum atomic E-state index is -0.178. The topological polar surface area (TPSA) is 54.0 Å². The molecule has 0 radical (unpaired) electrons. The zero-order valence-corrected chi connectivity index (χ0v) is 11.0. The molecule has 5 heteroatoms. The van der Waals surface area contributed by atoms with Crippen LogP contribution in [0.1, 0.15) is 39.4 Å². The molecule has 2 N–H and O–H groups in total. The molecule has 1 rings (SSSR count). The Balaban J connectivity index is 2.32. The summed E-state index contributed by atoms with van der Waals surface area (Å²) in [5.74, 6) is 0.00887. The molecule has 16 heavy (non-hydrogen) atoms. The van der Waals surface area contributed by atoms with E-state index in [1.54, 1.807) is 16.8 Å². The van der Waals surface area contributed by atoms with Crippen LogP contribution < -0.4 is 10.6 Å². The van der Waals surface area contributed by atoms with Gasteiger partial charge in [-0.05, 0) is 27.7 Å². The van der Waals surface area contributed by atoms with Crippen LogP contribution in [-0.2, 0) is 4.79 Å². The van der Waals surface area contributed by atoms with Gasteiger partial charge in [0.1, 0.15) is 0 Å². The number of nitrogens with zero attached hydrogens (tertiary/aromatic N) is 1. The normalized spacial score (nSPS) is 13.5. The second kappa shape index (κ2) is 5.41. The Morgan fingerprint density at radius 1 is 1.56 bits per heavy atom. The lowest BCUT2D eigenvalue weighted by Gasteiger charge is -2.21. The summed E-state index contributed by atoms with van der Waals surface area (Å²) in [6, 6.07) is 0.108. The highest BCUT2D eigenvalue weighted by Crippen LogP contribution is 2.11. The van der Waals surface area contributed by atoms with Crippen molar-refractivity contribution in [1.82, 2.24) is 15.6 Å². The van der Waals surface area contributed by atoms with Crippen LogP contribution in [0.2, 0.25) is 0 Å². The maximum Gasteiger partial charge on any atom is 0.234 e. The van der Waals surface area contributed by atoms with Crippen molar-refractivity contribution in [3.05, 3.63) is 16.6 Å². The fraction of sp³-hybridized carbons (Fsp3) is 0.636. The fourth-order valence-electron chi connectivity index (χ4n) is 1.25. The molecule has 0 aliphatic carbocycles. The molecule has 0 fully saturated rings. The van der Waals surface area contributed by atoms with Gasteiger partial charge in [0.2, 0.25) is 5.91 Å². The SMILES string of the molecule is CC(NCC(=O)NC(C)(C)C)c1cscn1. The molecule has 0 aliphatic rings. The Bertz CT molecular complexity index is 329. The Morgan fingerprint density at radius 3 is 2.75 bits per heavy atom. The zero-order chi connectivity index (χ0) is 12.2. The smallest absolute Gasteiger partial charge is 0.234 e. The van der Waals surface area contributed by atoms with Gasteiger partial charge in [0.15, 0.2) is 0 Å². The van der Waals surface area contributed by atoms with Gasteiger partial charge < -0.3 is 10.6 Å². The van der Waals surface area contributed by atoms with Crippen LogP contribution in [0.3, 0.4) is 0 Å². The first kappa shape index (κ1) is 13.1. The van der Waals surface area contributed by atoms with Crippen molar-refractivity contribution < 1.29 is 4.79 Å². The van der Waals surface area contributed by atoms with Crippen LogP contribution in [0, 0.1) is 0 Å². The van der Waals surface area contributed by atoms with E-state index in [9.17, 15) is 4.79 Å².